The van der Waals surface area contributed by atoms with Gasteiger partial charge in [0.05, 0.1) is 14.2 Å². The first kappa shape index (κ1) is 20.3. The van der Waals surface area contributed by atoms with E-state index in [0.717, 1.165) is 12.0 Å². The van der Waals surface area contributed by atoms with Gasteiger partial charge in [-0.3, -0.25) is 9.59 Å². The lowest BCUT2D eigenvalue weighted by Gasteiger charge is -2.15. The summed E-state index contributed by atoms with van der Waals surface area (Å²) < 4.78 is 16.0. The quantitative estimate of drug-likeness (QED) is 0.479. The average molecular weight is 418 g/mol. The van der Waals surface area contributed by atoms with E-state index in [9.17, 15) is 9.59 Å². The van der Waals surface area contributed by atoms with Gasteiger partial charge in [-0.25, -0.2) is 0 Å². The molecule has 1 aliphatic carbocycles. The molecule has 0 heterocycles. The first-order valence-electron chi connectivity index (χ1n) is 9.70. The van der Waals surface area contributed by atoms with E-state index in [1.54, 1.807) is 0 Å². The van der Waals surface area contributed by atoms with Crippen LogP contribution < -0.4 is 25.3 Å². The Hall–Kier alpha value is -4.00. The maximum atomic E-state index is 12.9. The molecular weight excluding hydrogens is 396 g/mol. The van der Waals surface area contributed by atoms with Gasteiger partial charge in [0.15, 0.2) is 18.1 Å². The monoisotopic (exact) mass is 418 g/mol. The minimum absolute atomic E-state index is 0.203. The first-order valence-corrected chi connectivity index (χ1v) is 9.70. The number of ether oxygens (including phenoxy) is 3. The molecule has 0 bridgehead atoms. The molecule has 0 aromatic heterocycles. The minimum atomic E-state index is -0.635. The Balaban J connectivity index is 1.60. The third kappa shape index (κ3) is 4.02. The molecule has 0 unspecified atom stereocenters. The lowest BCUT2D eigenvalue weighted by Crippen LogP contribution is -2.20. The highest BCUT2D eigenvalue weighted by Gasteiger charge is 2.21. The molecule has 0 radical (unpaired) electrons. The summed E-state index contributed by atoms with van der Waals surface area (Å²) in [5, 5.41) is 2.93. The first-order chi connectivity index (χ1) is 15.0. The van der Waals surface area contributed by atoms with Crippen molar-refractivity contribution >= 4 is 17.5 Å². The smallest absolute Gasteiger partial charge is 0.255 e. The molecule has 0 saturated heterocycles. The van der Waals surface area contributed by atoms with Crippen LogP contribution in [0.1, 0.15) is 21.5 Å². The van der Waals surface area contributed by atoms with Crippen molar-refractivity contribution in [2.75, 3.05) is 26.1 Å². The number of methoxy groups -OCH3 is 2. The van der Waals surface area contributed by atoms with Gasteiger partial charge in [-0.1, -0.05) is 30.3 Å². The fraction of sp³-hybridized carbons (Fsp3) is 0.167. The average Bonchev–Trinajstić information content (AvgIpc) is 3.15. The van der Waals surface area contributed by atoms with Gasteiger partial charge in [-0.15, -0.1) is 0 Å². The van der Waals surface area contributed by atoms with Crippen LogP contribution in [0.5, 0.6) is 17.2 Å². The molecule has 4 rings (SSSR count). The van der Waals surface area contributed by atoms with Crippen molar-refractivity contribution in [1.82, 2.24) is 0 Å². The van der Waals surface area contributed by atoms with Crippen molar-refractivity contribution in [1.29, 1.82) is 0 Å². The van der Waals surface area contributed by atoms with E-state index >= 15 is 0 Å². The van der Waals surface area contributed by atoms with Crippen molar-refractivity contribution in [3.8, 4) is 28.4 Å². The van der Waals surface area contributed by atoms with Gasteiger partial charge in [0, 0.05) is 11.3 Å². The summed E-state index contributed by atoms with van der Waals surface area (Å²) in [4.78, 5) is 24.0. The highest BCUT2D eigenvalue weighted by atomic mass is 16.5. The summed E-state index contributed by atoms with van der Waals surface area (Å²) in [6.45, 7) is -0.338. The summed E-state index contributed by atoms with van der Waals surface area (Å²) in [5.74, 6) is -0.245. The van der Waals surface area contributed by atoms with Gasteiger partial charge in [-0.2, -0.15) is 0 Å². The van der Waals surface area contributed by atoms with Gasteiger partial charge in [0.2, 0.25) is 5.75 Å². The fourth-order valence-corrected chi connectivity index (χ4v) is 3.70. The van der Waals surface area contributed by atoms with Gasteiger partial charge in [0.1, 0.15) is 0 Å². The van der Waals surface area contributed by atoms with E-state index in [-0.39, 0.29) is 29.8 Å². The molecule has 7 nitrogen and oxygen atoms in total. The minimum Gasteiger partial charge on any atom is -0.493 e. The second-order valence-corrected chi connectivity index (χ2v) is 7.12. The summed E-state index contributed by atoms with van der Waals surface area (Å²) >= 11 is 0. The van der Waals surface area contributed by atoms with Crippen LogP contribution in [0.3, 0.4) is 0 Å². The standard InChI is InChI=1S/C24H22N2O5/c1-29-20-10-16(11-21(30-2)23(20)31-13-22(25)27)24(28)26-17-8-7-15-9-14-5-3-4-6-18(14)19(15)12-17/h3-8,10-12H,9,13H2,1-2H3,(H2,25,27)(H,26,28). The summed E-state index contributed by atoms with van der Waals surface area (Å²) in [7, 11) is 2.87. The summed E-state index contributed by atoms with van der Waals surface area (Å²) in [5.41, 5.74) is 11.0. The molecule has 0 fully saturated rings. The van der Waals surface area contributed by atoms with E-state index in [2.05, 4.69) is 17.4 Å². The van der Waals surface area contributed by atoms with Crippen LogP contribution in [0.25, 0.3) is 11.1 Å². The number of nitrogens with two attached hydrogens (primary N) is 1. The van der Waals surface area contributed by atoms with E-state index in [1.807, 2.05) is 30.3 Å². The second kappa shape index (κ2) is 8.39. The van der Waals surface area contributed by atoms with Crippen LogP contribution >= 0.6 is 0 Å². The number of anilines is 1. The Labute approximate surface area is 179 Å². The largest absolute Gasteiger partial charge is 0.493 e. The van der Waals surface area contributed by atoms with Crippen LogP contribution in [0.15, 0.2) is 54.6 Å². The number of benzene rings is 3. The number of primary amides is 1. The van der Waals surface area contributed by atoms with Gasteiger partial charge < -0.3 is 25.3 Å². The Morgan fingerprint density at radius 1 is 0.935 bits per heavy atom. The van der Waals surface area contributed by atoms with E-state index in [4.69, 9.17) is 19.9 Å². The van der Waals surface area contributed by atoms with Crippen LogP contribution in [-0.2, 0) is 11.2 Å². The molecule has 0 spiro atoms. The molecule has 31 heavy (non-hydrogen) atoms. The number of hydrogen-bond acceptors (Lipinski definition) is 5. The molecule has 3 aromatic carbocycles. The van der Waals surface area contributed by atoms with Crippen LogP contribution in [0.2, 0.25) is 0 Å². The summed E-state index contributed by atoms with van der Waals surface area (Å²) in [6.07, 6.45) is 0.890. The zero-order valence-electron chi connectivity index (χ0n) is 17.2. The predicted molar refractivity (Wildman–Crippen MR) is 117 cm³/mol. The number of fused-ring (bicyclic) bond motifs is 3. The molecule has 7 heteroatoms. The van der Waals surface area contributed by atoms with Gasteiger partial charge in [0.25, 0.3) is 11.8 Å². The maximum absolute atomic E-state index is 12.9. The highest BCUT2D eigenvalue weighted by Crippen LogP contribution is 2.40. The van der Waals surface area contributed by atoms with E-state index < -0.39 is 5.91 Å². The number of amides is 2. The van der Waals surface area contributed by atoms with Crippen LogP contribution in [0, 0.1) is 0 Å². The molecular formula is C24H22N2O5. The number of nitrogens with one attached hydrogen (secondary N) is 1. The number of rotatable bonds is 7. The Morgan fingerprint density at radius 3 is 2.29 bits per heavy atom. The van der Waals surface area contributed by atoms with Crippen molar-refractivity contribution in [2.24, 2.45) is 5.73 Å². The highest BCUT2D eigenvalue weighted by molar-refractivity contribution is 6.05. The third-order valence-corrected chi connectivity index (χ3v) is 5.14. The van der Waals surface area contributed by atoms with E-state index in [1.165, 1.54) is 43.0 Å². The molecule has 0 atom stereocenters. The molecule has 1 aliphatic rings. The zero-order chi connectivity index (χ0) is 22.0. The van der Waals surface area contributed by atoms with Crippen LogP contribution in [0.4, 0.5) is 5.69 Å². The fourth-order valence-electron chi connectivity index (χ4n) is 3.70. The SMILES string of the molecule is COc1cc(C(=O)Nc2ccc3c(c2)-c2ccccc2C3)cc(OC)c1OCC(N)=O. The molecule has 158 valence electrons. The lowest BCUT2D eigenvalue weighted by atomic mass is 10.1. The number of hydrogen-bond donors (Lipinski definition) is 2. The molecule has 2 amide bonds. The Kier molecular flexibility index (Phi) is 5.49. The summed E-state index contributed by atoms with van der Waals surface area (Å²) in [6, 6.07) is 17.2. The van der Waals surface area contributed by atoms with Crippen molar-refractivity contribution in [3.63, 3.8) is 0 Å². The molecule has 0 aliphatic heterocycles. The zero-order valence-corrected chi connectivity index (χ0v) is 17.2. The molecule has 3 aromatic rings. The predicted octanol–water partition coefficient (Wildman–Crippen LogP) is 3.39. The van der Waals surface area contributed by atoms with Crippen molar-refractivity contribution < 1.29 is 23.8 Å². The van der Waals surface area contributed by atoms with Crippen molar-refractivity contribution in [3.05, 3.63) is 71.3 Å². The lowest BCUT2D eigenvalue weighted by molar-refractivity contribution is -0.120. The van der Waals surface area contributed by atoms with Gasteiger partial charge in [-0.05, 0) is 52.9 Å². The van der Waals surface area contributed by atoms with Gasteiger partial charge >= 0.3 is 0 Å². The van der Waals surface area contributed by atoms with Crippen molar-refractivity contribution in [2.45, 2.75) is 6.42 Å². The number of carbonyl (C=O) groups excluding carboxylic acids is 2. The molecule has 3 N–H and O–H groups in total. The Morgan fingerprint density at radius 2 is 1.61 bits per heavy atom. The normalized spacial score (nSPS) is 11.3. The maximum Gasteiger partial charge on any atom is 0.255 e. The van der Waals surface area contributed by atoms with Crippen LogP contribution in [-0.4, -0.2) is 32.6 Å². The van der Waals surface area contributed by atoms with E-state index in [0.29, 0.717) is 11.3 Å². The number of carbonyl (C=O) groups is 2. The second-order valence-electron chi connectivity index (χ2n) is 7.12. The topological polar surface area (TPSA) is 99.9 Å². The molecule has 0 saturated carbocycles. The third-order valence-electron chi connectivity index (χ3n) is 5.14. The Bertz CT molecular complexity index is 1150.